The fourth-order valence-corrected chi connectivity index (χ4v) is 4.42. The molecule has 2 heterocycles. The number of alkyl halides is 3. The Kier molecular flexibility index (Phi) is 6.43. The third-order valence-corrected chi connectivity index (χ3v) is 5.89. The Morgan fingerprint density at radius 3 is 2.56 bits per heavy atom. The molecule has 0 aromatic carbocycles. The van der Waals surface area contributed by atoms with Gasteiger partial charge in [0.25, 0.3) is 0 Å². The Labute approximate surface area is 160 Å². The van der Waals surface area contributed by atoms with Gasteiger partial charge >= 0.3 is 6.36 Å². The van der Waals surface area contributed by atoms with Gasteiger partial charge in [-0.05, 0) is 37.0 Å². The monoisotopic (exact) mass is 413 g/mol. The number of amides is 2. The maximum Gasteiger partial charge on any atom is 0.522 e. The highest BCUT2D eigenvalue weighted by molar-refractivity contribution is 5.86. The maximum atomic E-state index is 12.5. The Morgan fingerprint density at radius 2 is 2.04 bits per heavy atom. The van der Waals surface area contributed by atoms with Crippen molar-refractivity contribution in [3.8, 4) is 0 Å². The third-order valence-electron chi connectivity index (χ3n) is 5.89. The first-order chi connectivity index (χ1) is 12.1. The van der Waals surface area contributed by atoms with Crippen molar-refractivity contribution >= 4 is 30.0 Å². The fraction of sp³-hybridized carbons (Fsp3) is 0.812. The van der Waals surface area contributed by atoms with Gasteiger partial charge in [0.2, 0.25) is 11.8 Å². The van der Waals surface area contributed by atoms with Gasteiger partial charge in [0.15, 0.2) is 5.78 Å². The van der Waals surface area contributed by atoms with Crippen LogP contribution in [0.2, 0.25) is 0 Å². The summed E-state index contributed by atoms with van der Waals surface area (Å²) >= 11 is 0. The second-order valence-corrected chi connectivity index (χ2v) is 7.53. The number of hydrogen-bond acceptors (Lipinski definition) is 5. The second kappa shape index (κ2) is 7.92. The van der Waals surface area contributed by atoms with E-state index in [1.165, 1.54) is 0 Å². The Balaban J connectivity index is 0.00000261. The van der Waals surface area contributed by atoms with Crippen LogP contribution in [-0.2, 0) is 19.1 Å². The van der Waals surface area contributed by atoms with Gasteiger partial charge in [-0.25, -0.2) is 0 Å². The van der Waals surface area contributed by atoms with Crippen LogP contribution in [0.5, 0.6) is 0 Å². The fourth-order valence-electron chi connectivity index (χ4n) is 4.42. The van der Waals surface area contributed by atoms with Crippen molar-refractivity contribution in [2.45, 2.75) is 38.1 Å². The summed E-state index contributed by atoms with van der Waals surface area (Å²) in [6.45, 7) is -0.0572. The van der Waals surface area contributed by atoms with Crippen LogP contribution in [0.1, 0.15) is 25.7 Å². The minimum atomic E-state index is -4.88. The van der Waals surface area contributed by atoms with Crippen LogP contribution in [0.3, 0.4) is 0 Å². The summed E-state index contributed by atoms with van der Waals surface area (Å²) in [6, 6.07) is -0.489. The second-order valence-electron chi connectivity index (χ2n) is 7.53. The van der Waals surface area contributed by atoms with Gasteiger partial charge in [0, 0.05) is 24.9 Å². The molecule has 7 nitrogen and oxygen atoms in total. The third kappa shape index (κ3) is 4.91. The largest absolute Gasteiger partial charge is 0.522 e. The molecule has 1 spiro atoms. The van der Waals surface area contributed by atoms with Crippen LogP contribution in [0.25, 0.3) is 0 Å². The maximum absolute atomic E-state index is 12.5. The summed E-state index contributed by atoms with van der Waals surface area (Å²) in [5, 5.41) is 5.69. The number of Topliss-reactive ketones (excluding diaryl/α,β-unsaturated/α-hetero) is 1. The lowest BCUT2D eigenvalue weighted by Crippen LogP contribution is -2.36. The predicted octanol–water partition coefficient (Wildman–Crippen LogP) is 0.510. The van der Waals surface area contributed by atoms with Crippen molar-refractivity contribution in [3.05, 3.63) is 0 Å². The van der Waals surface area contributed by atoms with Gasteiger partial charge in [-0.3, -0.25) is 19.1 Å². The van der Waals surface area contributed by atoms with Crippen molar-refractivity contribution in [2.75, 3.05) is 19.7 Å². The Morgan fingerprint density at radius 1 is 1.33 bits per heavy atom. The van der Waals surface area contributed by atoms with E-state index in [0.29, 0.717) is 32.4 Å². The molecule has 3 rings (SSSR count). The highest BCUT2D eigenvalue weighted by Crippen LogP contribution is 2.62. The lowest BCUT2D eigenvalue weighted by atomic mass is 9.83. The number of nitrogens with two attached hydrogens (primary N) is 1. The minimum absolute atomic E-state index is 0. The molecular formula is C16H23ClF3N3O4. The molecule has 2 amide bonds. The smallest absolute Gasteiger partial charge is 0.368 e. The highest BCUT2D eigenvalue weighted by atomic mass is 35.5. The molecule has 2 saturated heterocycles. The van der Waals surface area contributed by atoms with Gasteiger partial charge in [-0.2, -0.15) is 0 Å². The van der Waals surface area contributed by atoms with Crippen LogP contribution in [-0.4, -0.2) is 49.7 Å². The molecule has 4 N–H and O–H groups in total. The molecule has 5 atom stereocenters. The van der Waals surface area contributed by atoms with Crippen molar-refractivity contribution in [2.24, 2.45) is 28.9 Å². The first kappa shape index (κ1) is 21.9. The number of carbonyl (C=O) groups is 3. The molecule has 0 aromatic rings. The lowest BCUT2D eigenvalue weighted by Gasteiger charge is -2.21. The SMILES string of the molecule is Cl.NC(=O)C1CC2(CN1)CC2[C@H](C[C@H]1CCNC1=O)C(=O)COC(F)(F)F. The van der Waals surface area contributed by atoms with E-state index in [4.69, 9.17) is 5.73 Å². The minimum Gasteiger partial charge on any atom is -0.368 e. The van der Waals surface area contributed by atoms with Crippen LogP contribution in [0, 0.1) is 23.2 Å². The average molecular weight is 414 g/mol. The van der Waals surface area contributed by atoms with Crippen molar-refractivity contribution < 1.29 is 32.3 Å². The van der Waals surface area contributed by atoms with E-state index < -0.39 is 36.6 Å². The number of halogens is 4. The molecule has 3 unspecified atom stereocenters. The van der Waals surface area contributed by atoms with Crippen LogP contribution >= 0.6 is 12.4 Å². The van der Waals surface area contributed by atoms with Crippen LogP contribution < -0.4 is 16.4 Å². The van der Waals surface area contributed by atoms with E-state index >= 15 is 0 Å². The number of nitrogens with one attached hydrogen (secondary N) is 2. The summed E-state index contributed by atoms with van der Waals surface area (Å²) in [4.78, 5) is 35.6. The molecule has 1 saturated carbocycles. The van der Waals surface area contributed by atoms with Gasteiger partial charge in [0.05, 0.1) is 6.04 Å². The first-order valence-electron chi connectivity index (χ1n) is 8.65. The molecular weight excluding hydrogens is 391 g/mol. The Hall–Kier alpha value is -1.39. The zero-order valence-corrected chi connectivity index (χ0v) is 15.3. The summed E-state index contributed by atoms with van der Waals surface area (Å²) in [6.07, 6.45) is -3.02. The van der Waals surface area contributed by atoms with Gasteiger partial charge in [0.1, 0.15) is 6.61 Å². The number of ether oxygens (including phenoxy) is 1. The first-order valence-corrected chi connectivity index (χ1v) is 8.65. The average Bonchev–Trinajstić information content (AvgIpc) is 2.86. The zero-order valence-electron chi connectivity index (χ0n) is 14.5. The molecule has 0 aromatic heterocycles. The summed E-state index contributed by atoms with van der Waals surface area (Å²) in [5.74, 6) is -2.54. The molecule has 1 aliphatic carbocycles. The van der Waals surface area contributed by atoms with E-state index in [1.807, 2.05) is 0 Å². The number of carbonyl (C=O) groups excluding carboxylic acids is 3. The summed E-state index contributed by atoms with van der Waals surface area (Å²) in [7, 11) is 0. The summed E-state index contributed by atoms with van der Waals surface area (Å²) in [5.41, 5.74) is 5.00. The van der Waals surface area contributed by atoms with E-state index in [2.05, 4.69) is 15.4 Å². The quantitative estimate of drug-likeness (QED) is 0.563. The molecule has 27 heavy (non-hydrogen) atoms. The van der Waals surface area contributed by atoms with Crippen LogP contribution in [0.15, 0.2) is 0 Å². The molecule has 3 aliphatic rings. The normalized spacial score (nSPS) is 33.4. The zero-order chi connectivity index (χ0) is 19.1. The van der Waals surface area contributed by atoms with Gasteiger partial charge in [-0.1, -0.05) is 0 Å². The molecule has 154 valence electrons. The highest BCUT2D eigenvalue weighted by Gasteiger charge is 2.62. The number of rotatable bonds is 7. The molecule has 2 aliphatic heterocycles. The van der Waals surface area contributed by atoms with Crippen LogP contribution in [0.4, 0.5) is 13.2 Å². The number of ketones is 1. The van der Waals surface area contributed by atoms with Gasteiger partial charge < -0.3 is 16.4 Å². The number of hydrogen-bond donors (Lipinski definition) is 3. The topological polar surface area (TPSA) is 111 Å². The van der Waals surface area contributed by atoms with E-state index in [9.17, 15) is 27.6 Å². The molecule has 11 heteroatoms. The van der Waals surface area contributed by atoms with E-state index in [-0.39, 0.29) is 42.0 Å². The summed E-state index contributed by atoms with van der Waals surface area (Å²) < 4.78 is 40.6. The molecule has 3 fully saturated rings. The lowest BCUT2D eigenvalue weighted by molar-refractivity contribution is -0.321. The van der Waals surface area contributed by atoms with Gasteiger partial charge in [-0.15, -0.1) is 25.6 Å². The Bertz CT molecular complexity index is 618. The molecule has 0 radical (unpaired) electrons. The van der Waals surface area contributed by atoms with Crippen molar-refractivity contribution in [1.82, 2.24) is 10.6 Å². The van der Waals surface area contributed by atoms with E-state index in [1.54, 1.807) is 0 Å². The number of primary amides is 1. The van der Waals surface area contributed by atoms with Crippen molar-refractivity contribution in [3.63, 3.8) is 0 Å². The van der Waals surface area contributed by atoms with E-state index in [0.717, 1.165) is 0 Å². The molecule has 0 bridgehead atoms. The standard InChI is InChI=1S/C16H22F3N3O4.ClH/c17-16(18,19)26-6-12(23)9(3-8-1-2-21-14(8)25)10-4-15(10)5-11(13(20)24)22-7-15;/h8-11,22H,1-7H2,(H2,20,24)(H,21,25);1H/t8-,9+,10?,11?,15?;/m1./s1. The predicted molar refractivity (Wildman–Crippen MR) is 89.6 cm³/mol. The van der Waals surface area contributed by atoms with Crippen molar-refractivity contribution in [1.29, 1.82) is 0 Å².